The summed E-state index contributed by atoms with van der Waals surface area (Å²) in [5.74, 6) is -0.638. The molecule has 0 aromatic heterocycles. The molecule has 3 atom stereocenters. The van der Waals surface area contributed by atoms with E-state index in [0.717, 1.165) is 9.21 Å². The zero-order chi connectivity index (χ0) is 20.7. The van der Waals surface area contributed by atoms with Crippen molar-refractivity contribution in [2.24, 2.45) is 5.14 Å². The van der Waals surface area contributed by atoms with Gasteiger partial charge < -0.3 is 4.90 Å². The summed E-state index contributed by atoms with van der Waals surface area (Å²) in [5, 5.41) is 5.66. The minimum atomic E-state index is -4.87. The number of hydrogen-bond donors (Lipinski definition) is 3. The second kappa shape index (κ2) is 7.69. The quantitative estimate of drug-likeness (QED) is 0.287. The highest BCUT2D eigenvalue weighted by atomic mass is 32.3. The van der Waals surface area contributed by atoms with Gasteiger partial charge in [0.15, 0.2) is 0 Å². The molecule has 2 bridgehead atoms. The number of hydroxylamine groups is 3. The summed E-state index contributed by atoms with van der Waals surface area (Å²) in [6, 6.07) is -2.90. The molecule has 3 fully saturated rings. The molecule has 0 aliphatic carbocycles. The first-order valence-electron chi connectivity index (χ1n) is 8.45. The molecule has 16 heteroatoms. The van der Waals surface area contributed by atoms with E-state index in [1.807, 2.05) is 0 Å². The zero-order valence-corrected chi connectivity index (χ0v) is 16.3. The van der Waals surface area contributed by atoms with Crippen molar-refractivity contribution in [2.45, 2.75) is 43.8 Å². The molecule has 28 heavy (non-hydrogen) atoms. The summed E-state index contributed by atoms with van der Waals surface area (Å²) in [6.07, 6.45) is 1.65. The third-order valence-corrected chi connectivity index (χ3v) is 6.38. The Balaban J connectivity index is 1.54. The molecular formula is C12H21N5O9S2. The summed E-state index contributed by atoms with van der Waals surface area (Å²) < 4.78 is 58.8. The number of piperidine rings is 1. The smallest absolute Gasteiger partial charge is 0.309 e. The van der Waals surface area contributed by atoms with Crippen LogP contribution in [0.4, 0.5) is 4.79 Å². The van der Waals surface area contributed by atoms with Crippen molar-refractivity contribution in [3.05, 3.63) is 0 Å². The third kappa shape index (κ3) is 4.53. The SMILES string of the molecule is NS(=O)(=O)N1CCCC1CONC(=O)[C@@H]1CCC2CN1C(=O)N2OS(=O)(=O)O. The fraction of sp³-hybridized carbons (Fsp3) is 0.833. The molecule has 0 aromatic rings. The Kier molecular flexibility index (Phi) is 5.81. The first kappa shape index (κ1) is 21.2. The number of nitrogens with two attached hydrogens (primary N) is 1. The van der Waals surface area contributed by atoms with Gasteiger partial charge in [0.1, 0.15) is 6.04 Å². The van der Waals surface area contributed by atoms with Gasteiger partial charge in [-0.3, -0.25) is 14.2 Å². The number of amides is 3. The van der Waals surface area contributed by atoms with Gasteiger partial charge in [-0.15, -0.1) is 4.28 Å². The van der Waals surface area contributed by atoms with Crippen LogP contribution in [0.15, 0.2) is 0 Å². The Bertz CT molecular complexity index is 848. The van der Waals surface area contributed by atoms with Crippen LogP contribution in [0.5, 0.6) is 0 Å². The van der Waals surface area contributed by atoms with Crippen molar-refractivity contribution in [3.8, 4) is 0 Å². The van der Waals surface area contributed by atoms with E-state index in [0.29, 0.717) is 17.9 Å². The molecule has 0 saturated carbocycles. The molecule has 3 amide bonds. The number of carbonyl (C=O) groups is 2. The van der Waals surface area contributed by atoms with Crippen molar-refractivity contribution in [3.63, 3.8) is 0 Å². The minimum Gasteiger partial charge on any atom is -0.309 e. The fourth-order valence-corrected chi connectivity index (χ4v) is 5.05. The van der Waals surface area contributed by atoms with Gasteiger partial charge in [0.25, 0.3) is 16.1 Å². The highest BCUT2D eigenvalue weighted by Gasteiger charge is 2.49. The fourth-order valence-electron chi connectivity index (χ4n) is 3.69. The summed E-state index contributed by atoms with van der Waals surface area (Å²) >= 11 is 0. The molecule has 2 unspecified atom stereocenters. The van der Waals surface area contributed by atoms with Crippen LogP contribution in [-0.4, -0.2) is 85.4 Å². The number of carbonyl (C=O) groups excluding carboxylic acids is 2. The lowest BCUT2D eigenvalue weighted by Gasteiger charge is -2.29. The van der Waals surface area contributed by atoms with Gasteiger partial charge >= 0.3 is 16.4 Å². The zero-order valence-electron chi connectivity index (χ0n) is 14.6. The Labute approximate surface area is 161 Å². The molecule has 14 nitrogen and oxygen atoms in total. The maximum atomic E-state index is 12.4. The van der Waals surface area contributed by atoms with E-state index < -0.39 is 50.7 Å². The van der Waals surface area contributed by atoms with Crippen LogP contribution in [0, 0.1) is 0 Å². The minimum absolute atomic E-state index is 0.0499. The molecule has 0 radical (unpaired) electrons. The van der Waals surface area contributed by atoms with E-state index in [9.17, 15) is 26.4 Å². The predicted octanol–water partition coefficient (Wildman–Crippen LogP) is -2.29. The van der Waals surface area contributed by atoms with Crippen molar-refractivity contribution in [1.82, 2.24) is 19.7 Å². The lowest BCUT2D eigenvalue weighted by Crippen LogP contribution is -2.50. The van der Waals surface area contributed by atoms with Crippen molar-refractivity contribution >= 4 is 32.5 Å². The lowest BCUT2D eigenvalue weighted by molar-refractivity contribution is -0.139. The second-order valence-electron chi connectivity index (χ2n) is 6.74. The van der Waals surface area contributed by atoms with E-state index in [1.54, 1.807) is 0 Å². The molecule has 0 aromatic carbocycles. The van der Waals surface area contributed by atoms with Crippen LogP contribution in [0.1, 0.15) is 25.7 Å². The second-order valence-corrected chi connectivity index (χ2v) is 9.24. The first-order chi connectivity index (χ1) is 13.0. The molecule has 4 N–H and O–H groups in total. The van der Waals surface area contributed by atoms with Gasteiger partial charge in [0, 0.05) is 13.1 Å². The number of hydrogen-bond acceptors (Lipinski definition) is 8. The summed E-state index contributed by atoms with van der Waals surface area (Å²) in [6.45, 7) is 0.217. The van der Waals surface area contributed by atoms with Gasteiger partial charge in [0.2, 0.25) is 0 Å². The van der Waals surface area contributed by atoms with E-state index in [2.05, 4.69) is 9.76 Å². The first-order valence-corrected chi connectivity index (χ1v) is 11.3. The van der Waals surface area contributed by atoms with E-state index >= 15 is 0 Å². The van der Waals surface area contributed by atoms with Crippen LogP contribution < -0.4 is 10.6 Å². The van der Waals surface area contributed by atoms with Crippen LogP contribution in [0.3, 0.4) is 0 Å². The topological polar surface area (TPSA) is 189 Å². The Morgan fingerprint density at radius 1 is 1.25 bits per heavy atom. The average Bonchev–Trinajstić information content (AvgIpc) is 3.13. The largest absolute Gasteiger partial charge is 0.418 e. The summed E-state index contributed by atoms with van der Waals surface area (Å²) in [5.41, 5.74) is 2.20. The number of urea groups is 1. The molecule has 3 saturated heterocycles. The van der Waals surface area contributed by atoms with Crippen LogP contribution >= 0.6 is 0 Å². The van der Waals surface area contributed by atoms with Crippen LogP contribution in [0.25, 0.3) is 0 Å². The Morgan fingerprint density at radius 3 is 2.61 bits per heavy atom. The van der Waals surface area contributed by atoms with Crippen LogP contribution in [0.2, 0.25) is 0 Å². The normalized spacial score (nSPS) is 28.8. The summed E-state index contributed by atoms with van der Waals surface area (Å²) in [7, 11) is -8.73. The number of nitrogens with one attached hydrogen (secondary N) is 1. The van der Waals surface area contributed by atoms with Gasteiger partial charge in [-0.05, 0) is 25.7 Å². The van der Waals surface area contributed by atoms with Crippen LogP contribution in [-0.2, 0) is 34.5 Å². The highest BCUT2D eigenvalue weighted by molar-refractivity contribution is 7.86. The van der Waals surface area contributed by atoms with E-state index in [1.165, 1.54) is 0 Å². The molecule has 160 valence electrons. The molecule has 3 rings (SSSR count). The highest BCUT2D eigenvalue weighted by Crippen LogP contribution is 2.30. The van der Waals surface area contributed by atoms with Gasteiger partial charge in [-0.1, -0.05) is 0 Å². The van der Waals surface area contributed by atoms with Crippen molar-refractivity contribution in [1.29, 1.82) is 0 Å². The predicted molar refractivity (Wildman–Crippen MR) is 90.3 cm³/mol. The van der Waals surface area contributed by atoms with Crippen molar-refractivity contribution in [2.75, 3.05) is 19.7 Å². The molecule has 0 spiro atoms. The van der Waals surface area contributed by atoms with Crippen molar-refractivity contribution < 1.29 is 40.1 Å². The lowest BCUT2D eigenvalue weighted by atomic mass is 10.0. The molecule has 3 heterocycles. The average molecular weight is 443 g/mol. The maximum Gasteiger partial charge on any atom is 0.418 e. The Morgan fingerprint density at radius 2 is 1.96 bits per heavy atom. The standard InChI is InChI=1S/C12H21N5O9S2/c13-27(20,21)16-5-1-2-9(16)7-25-14-11(18)10-4-3-8-6-15(10)12(19)17(8)26-28(22,23)24/h8-10H,1-7H2,(H,14,18)(H2,13,20,21)(H,22,23,24)/t8?,9?,10-/m0/s1. The molecule has 3 aliphatic rings. The monoisotopic (exact) mass is 443 g/mol. The van der Waals surface area contributed by atoms with E-state index in [4.69, 9.17) is 14.5 Å². The van der Waals surface area contributed by atoms with Gasteiger partial charge in [-0.25, -0.2) is 15.4 Å². The summed E-state index contributed by atoms with van der Waals surface area (Å²) in [4.78, 5) is 30.9. The van der Waals surface area contributed by atoms with E-state index in [-0.39, 0.29) is 32.5 Å². The van der Waals surface area contributed by atoms with Gasteiger partial charge in [-0.2, -0.15) is 26.2 Å². The number of nitrogens with zero attached hydrogens (tertiary/aromatic N) is 3. The number of fused-ring (bicyclic) bond motifs is 2. The van der Waals surface area contributed by atoms with Gasteiger partial charge in [0.05, 0.1) is 18.7 Å². The number of rotatable bonds is 7. The third-order valence-electron chi connectivity index (χ3n) is 4.90. The molecular weight excluding hydrogens is 422 g/mol. The Hall–Kier alpha value is -1.56. The molecule has 3 aliphatic heterocycles. The maximum absolute atomic E-state index is 12.4.